The first kappa shape index (κ1) is 16.2. The van der Waals surface area contributed by atoms with Crippen LogP contribution in [0.25, 0.3) is 0 Å². The lowest BCUT2D eigenvalue weighted by Crippen LogP contribution is -2.21. The van der Waals surface area contributed by atoms with Crippen LogP contribution < -0.4 is 5.32 Å². The Hall–Kier alpha value is -1.17. The minimum Gasteiger partial charge on any atom is -0.462 e. The van der Waals surface area contributed by atoms with E-state index in [4.69, 9.17) is 9.15 Å². The van der Waals surface area contributed by atoms with E-state index in [-0.39, 0.29) is 0 Å². The van der Waals surface area contributed by atoms with Crippen LogP contribution in [0.5, 0.6) is 0 Å². The van der Waals surface area contributed by atoms with Gasteiger partial charge in [0.1, 0.15) is 18.1 Å². The number of rotatable bonds is 8. The van der Waals surface area contributed by atoms with Crippen molar-refractivity contribution in [1.29, 1.82) is 0 Å². The van der Waals surface area contributed by atoms with Crippen LogP contribution in [0, 0.1) is 13.8 Å². The maximum Gasteiger partial charge on any atom is 0.130 e. The Morgan fingerprint density at radius 1 is 1.38 bits per heavy atom. The fraction of sp³-hybridized carbons (Fsp3) is 0.562. The van der Waals surface area contributed by atoms with Gasteiger partial charge in [-0.2, -0.15) is 0 Å². The second-order valence-electron chi connectivity index (χ2n) is 5.52. The average Bonchev–Trinajstić information content (AvgIpc) is 2.99. The molecule has 2 heterocycles. The van der Waals surface area contributed by atoms with Crippen LogP contribution in [0.15, 0.2) is 16.0 Å². The van der Waals surface area contributed by atoms with Gasteiger partial charge in [0.15, 0.2) is 0 Å². The highest BCUT2D eigenvalue weighted by Gasteiger charge is 2.08. The first-order chi connectivity index (χ1) is 10.1. The normalized spacial score (nSPS) is 11.5. The molecule has 0 aliphatic carbocycles. The highest BCUT2D eigenvalue weighted by Crippen LogP contribution is 2.16. The van der Waals surface area contributed by atoms with Crippen LogP contribution in [0.2, 0.25) is 0 Å². The van der Waals surface area contributed by atoms with Gasteiger partial charge in [0.05, 0.1) is 24.4 Å². The monoisotopic (exact) mass is 308 g/mol. The van der Waals surface area contributed by atoms with E-state index in [0.29, 0.717) is 19.3 Å². The molecule has 2 aromatic heterocycles. The topological polar surface area (TPSA) is 47.3 Å². The van der Waals surface area contributed by atoms with Gasteiger partial charge in [0, 0.05) is 17.3 Å². The van der Waals surface area contributed by atoms with Crippen molar-refractivity contribution in [3.8, 4) is 0 Å². The fourth-order valence-corrected chi connectivity index (χ4v) is 2.80. The number of aryl methyl sites for hydroxylation is 2. The molecule has 4 nitrogen and oxygen atoms in total. The molecule has 1 N–H and O–H groups in total. The number of aromatic nitrogens is 1. The Labute approximate surface area is 130 Å². The van der Waals surface area contributed by atoms with E-state index in [2.05, 4.69) is 37.1 Å². The number of hydrogen-bond acceptors (Lipinski definition) is 5. The van der Waals surface area contributed by atoms with Crippen LogP contribution in [0.4, 0.5) is 0 Å². The molecule has 5 heteroatoms. The lowest BCUT2D eigenvalue weighted by molar-refractivity contribution is 0.108. The van der Waals surface area contributed by atoms with E-state index in [1.807, 2.05) is 12.4 Å². The highest BCUT2D eigenvalue weighted by atomic mass is 32.1. The molecule has 2 rings (SSSR count). The molecule has 0 spiro atoms. The third kappa shape index (κ3) is 4.95. The Kier molecular flexibility index (Phi) is 5.96. The molecule has 0 radical (unpaired) electrons. The quantitative estimate of drug-likeness (QED) is 0.757. The van der Waals surface area contributed by atoms with Crippen LogP contribution in [0.3, 0.4) is 0 Å². The summed E-state index contributed by atoms with van der Waals surface area (Å²) in [7, 11) is 0. The van der Waals surface area contributed by atoms with Crippen LogP contribution in [-0.4, -0.2) is 17.6 Å². The van der Waals surface area contributed by atoms with E-state index in [1.165, 1.54) is 10.4 Å². The molecule has 2 aromatic rings. The Bertz CT molecular complexity index is 560. The lowest BCUT2D eigenvalue weighted by atomic mass is 10.2. The Morgan fingerprint density at radius 2 is 2.19 bits per heavy atom. The molecule has 0 amide bonds. The molecule has 21 heavy (non-hydrogen) atoms. The summed E-state index contributed by atoms with van der Waals surface area (Å²) in [6, 6.07) is 2.52. The third-order valence-corrected chi connectivity index (χ3v) is 4.30. The van der Waals surface area contributed by atoms with Gasteiger partial charge >= 0.3 is 0 Å². The molecular formula is C16H24N2O2S. The Balaban J connectivity index is 1.76. The molecule has 0 atom stereocenters. The van der Waals surface area contributed by atoms with E-state index in [1.54, 1.807) is 11.3 Å². The van der Waals surface area contributed by atoms with Gasteiger partial charge in [0.25, 0.3) is 0 Å². The van der Waals surface area contributed by atoms with Crippen molar-refractivity contribution < 1.29 is 9.15 Å². The molecule has 0 aliphatic heterocycles. The number of nitrogens with zero attached hydrogens (tertiary/aromatic N) is 1. The first-order valence-electron chi connectivity index (χ1n) is 7.34. The Morgan fingerprint density at radius 3 is 2.86 bits per heavy atom. The molecule has 0 saturated carbocycles. The summed E-state index contributed by atoms with van der Waals surface area (Å²) in [5.41, 5.74) is 4.17. The summed E-state index contributed by atoms with van der Waals surface area (Å²) in [6.07, 6.45) is 0.915. The number of furan rings is 1. The second kappa shape index (κ2) is 7.73. The van der Waals surface area contributed by atoms with Gasteiger partial charge in [-0.15, -0.1) is 11.3 Å². The summed E-state index contributed by atoms with van der Waals surface area (Å²) in [5.74, 6) is 1.90. The number of nitrogens with one attached hydrogen (secondary N) is 1. The fourth-order valence-electron chi connectivity index (χ4n) is 2.04. The van der Waals surface area contributed by atoms with Crippen LogP contribution in [-0.2, 0) is 24.3 Å². The molecular weight excluding hydrogens is 284 g/mol. The van der Waals surface area contributed by atoms with E-state index in [9.17, 15) is 0 Å². The maximum atomic E-state index is 5.83. The molecule has 0 aliphatic rings. The highest BCUT2D eigenvalue weighted by molar-refractivity contribution is 7.09. The standard InChI is InChI=1S/C16H24N2O2S/c1-11(2)17-8-15-12(3)7-14(20-15)9-19-6-5-16-13(4)18-10-21-16/h7,10-11,17H,5-6,8-9H2,1-4H3. The van der Waals surface area contributed by atoms with Crippen molar-refractivity contribution in [2.45, 2.75) is 53.3 Å². The van der Waals surface area contributed by atoms with Crippen molar-refractivity contribution in [2.75, 3.05) is 6.61 Å². The predicted octanol–water partition coefficient (Wildman–Crippen LogP) is 3.61. The van der Waals surface area contributed by atoms with E-state index >= 15 is 0 Å². The summed E-state index contributed by atoms with van der Waals surface area (Å²) >= 11 is 1.69. The summed E-state index contributed by atoms with van der Waals surface area (Å²) < 4.78 is 11.5. The summed E-state index contributed by atoms with van der Waals surface area (Å²) in [6.45, 7) is 10.4. The van der Waals surface area contributed by atoms with Crippen molar-refractivity contribution in [1.82, 2.24) is 10.3 Å². The summed E-state index contributed by atoms with van der Waals surface area (Å²) in [5, 5.41) is 3.37. The first-order valence-corrected chi connectivity index (χ1v) is 8.22. The minimum atomic E-state index is 0.455. The average molecular weight is 308 g/mol. The van der Waals surface area contributed by atoms with Gasteiger partial charge in [-0.1, -0.05) is 13.8 Å². The minimum absolute atomic E-state index is 0.455. The lowest BCUT2D eigenvalue weighted by Gasteiger charge is -2.06. The van der Waals surface area contributed by atoms with Crippen LogP contribution >= 0.6 is 11.3 Å². The van der Waals surface area contributed by atoms with Crippen molar-refractivity contribution >= 4 is 11.3 Å². The van der Waals surface area contributed by atoms with Gasteiger partial charge in [-0.3, -0.25) is 0 Å². The number of hydrogen-bond donors (Lipinski definition) is 1. The smallest absolute Gasteiger partial charge is 0.130 e. The van der Waals surface area contributed by atoms with Gasteiger partial charge in [-0.05, 0) is 25.5 Å². The van der Waals surface area contributed by atoms with Gasteiger partial charge in [0.2, 0.25) is 0 Å². The maximum absolute atomic E-state index is 5.83. The number of thiazole rings is 1. The van der Waals surface area contributed by atoms with E-state index < -0.39 is 0 Å². The van der Waals surface area contributed by atoms with Crippen LogP contribution in [0.1, 0.15) is 41.5 Å². The molecule has 0 unspecified atom stereocenters. The molecule has 116 valence electrons. The van der Waals surface area contributed by atoms with Gasteiger partial charge < -0.3 is 14.5 Å². The molecule has 0 saturated heterocycles. The summed E-state index contributed by atoms with van der Waals surface area (Å²) in [4.78, 5) is 5.54. The molecule has 0 bridgehead atoms. The molecule has 0 fully saturated rings. The largest absolute Gasteiger partial charge is 0.462 e. The van der Waals surface area contributed by atoms with Crippen molar-refractivity contribution in [3.63, 3.8) is 0 Å². The number of ether oxygens (including phenoxy) is 1. The van der Waals surface area contributed by atoms with Crippen molar-refractivity contribution in [2.24, 2.45) is 0 Å². The zero-order valence-corrected chi connectivity index (χ0v) is 14.0. The SMILES string of the molecule is Cc1cc(COCCc2scnc2C)oc1CNC(C)C. The van der Waals surface area contributed by atoms with Gasteiger partial charge in [-0.25, -0.2) is 4.98 Å². The van der Waals surface area contributed by atoms with E-state index in [0.717, 1.165) is 30.2 Å². The predicted molar refractivity (Wildman–Crippen MR) is 85.6 cm³/mol. The zero-order valence-electron chi connectivity index (χ0n) is 13.2. The second-order valence-corrected chi connectivity index (χ2v) is 6.46. The zero-order chi connectivity index (χ0) is 15.2. The third-order valence-electron chi connectivity index (χ3n) is 3.31. The van der Waals surface area contributed by atoms with Crippen molar-refractivity contribution in [3.05, 3.63) is 39.2 Å². The molecule has 0 aromatic carbocycles.